The third-order valence-electron chi connectivity index (χ3n) is 5.33. The van der Waals surface area contributed by atoms with E-state index in [4.69, 9.17) is 0 Å². The zero-order valence-corrected chi connectivity index (χ0v) is 19.5. The zero-order chi connectivity index (χ0) is 22.8. The number of nitrogens with one attached hydrogen (secondary N) is 1. The average Bonchev–Trinajstić information content (AvgIpc) is 2.82. The number of rotatable bonds is 10. The van der Waals surface area contributed by atoms with E-state index in [1.54, 1.807) is 4.90 Å². The Hall–Kier alpha value is -3.05. The van der Waals surface area contributed by atoms with Gasteiger partial charge in [-0.05, 0) is 42.7 Å². The van der Waals surface area contributed by atoms with Gasteiger partial charge in [0.25, 0.3) is 0 Å². The first kappa shape index (κ1) is 23.6. The number of hydrogen-bond acceptors (Lipinski definition) is 3. The smallest absolute Gasteiger partial charge is 0.243 e. The van der Waals surface area contributed by atoms with Crippen LogP contribution in [-0.4, -0.2) is 35.1 Å². The molecule has 0 spiro atoms. The van der Waals surface area contributed by atoms with E-state index < -0.39 is 6.04 Å². The summed E-state index contributed by atoms with van der Waals surface area (Å²) in [5.41, 5.74) is 3.19. The Bertz CT molecular complexity index is 1010. The molecule has 0 radical (unpaired) electrons. The summed E-state index contributed by atoms with van der Waals surface area (Å²) in [7, 11) is 0. The molecule has 2 amide bonds. The topological polar surface area (TPSA) is 49.4 Å². The number of benzene rings is 3. The fourth-order valence-electron chi connectivity index (χ4n) is 3.56. The number of nitrogens with zero attached hydrogens (tertiary/aromatic N) is 1. The van der Waals surface area contributed by atoms with Gasteiger partial charge in [-0.3, -0.25) is 9.59 Å². The van der Waals surface area contributed by atoms with Crippen molar-refractivity contribution >= 4 is 23.6 Å². The van der Waals surface area contributed by atoms with E-state index in [2.05, 4.69) is 5.32 Å². The normalized spacial score (nSPS) is 11.6. The first-order valence-electron chi connectivity index (χ1n) is 10.9. The van der Waals surface area contributed by atoms with Gasteiger partial charge in [0.15, 0.2) is 0 Å². The molecule has 0 aliphatic carbocycles. The maximum absolute atomic E-state index is 13.5. The first-order chi connectivity index (χ1) is 15.6. The van der Waals surface area contributed by atoms with Crippen LogP contribution in [0.5, 0.6) is 0 Å². The molecule has 5 heteroatoms. The first-order valence-corrected chi connectivity index (χ1v) is 11.9. The number of carbonyl (C=O) groups excluding carboxylic acids is 2. The van der Waals surface area contributed by atoms with Crippen LogP contribution in [0.25, 0.3) is 0 Å². The Morgan fingerprint density at radius 1 is 0.906 bits per heavy atom. The van der Waals surface area contributed by atoms with Crippen LogP contribution in [-0.2, 0) is 22.6 Å². The van der Waals surface area contributed by atoms with Crippen molar-refractivity contribution in [2.45, 2.75) is 37.8 Å². The summed E-state index contributed by atoms with van der Waals surface area (Å²) in [4.78, 5) is 29.4. The SMILES string of the molecule is CCNC(=O)[C@@H](Cc1ccccc1)N(Cc1ccccc1C)C(=O)CSc1ccccc1. The van der Waals surface area contributed by atoms with Crippen LogP contribution in [0.15, 0.2) is 89.8 Å². The van der Waals surface area contributed by atoms with Crippen molar-refractivity contribution in [1.29, 1.82) is 0 Å². The van der Waals surface area contributed by atoms with Crippen molar-refractivity contribution in [3.8, 4) is 0 Å². The molecule has 3 rings (SSSR count). The maximum atomic E-state index is 13.5. The molecular formula is C27H30N2O2S. The molecule has 0 saturated carbocycles. The summed E-state index contributed by atoms with van der Waals surface area (Å²) in [5.74, 6) is 0.109. The molecule has 32 heavy (non-hydrogen) atoms. The van der Waals surface area contributed by atoms with Gasteiger partial charge in [0.05, 0.1) is 5.75 Å². The van der Waals surface area contributed by atoms with Crippen LogP contribution < -0.4 is 5.32 Å². The standard InChI is InChI=1S/C27H30N2O2S/c1-3-28-27(31)25(18-22-13-6-4-7-14-22)29(19-23-15-11-10-12-21(23)2)26(30)20-32-24-16-8-5-9-17-24/h4-17,25H,3,18-20H2,1-2H3,(H,28,31)/t25-/m1/s1. The monoisotopic (exact) mass is 446 g/mol. The van der Waals surface area contributed by atoms with E-state index in [9.17, 15) is 9.59 Å². The van der Waals surface area contributed by atoms with E-state index >= 15 is 0 Å². The highest BCUT2D eigenvalue weighted by molar-refractivity contribution is 8.00. The molecule has 1 N–H and O–H groups in total. The lowest BCUT2D eigenvalue weighted by atomic mass is 10.0. The Kier molecular flexibility index (Phi) is 8.93. The fourth-order valence-corrected chi connectivity index (χ4v) is 4.37. The summed E-state index contributed by atoms with van der Waals surface area (Å²) >= 11 is 1.50. The average molecular weight is 447 g/mol. The molecule has 0 fully saturated rings. The Labute approximate surface area is 195 Å². The predicted octanol–water partition coefficient (Wildman–Crippen LogP) is 4.86. The van der Waals surface area contributed by atoms with Crippen LogP contribution in [0.2, 0.25) is 0 Å². The molecule has 4 nitrogen and oxygen atoms in total. The van der Waals surface area contributed by atoms with Crippen molar-refractivity contribution in [3.05, 3.63) is 102 Å². The van der Waals surface area contributed by atoms with Gasteiger partial charge < -0.3 is 10.2 Å². The Balaban J connectivity index is 1.89. The molecule has 3 aromatic rings. The molecule has 0 aliphatic heterocycles. The van der Waals surface area contributed by atoms with Crippen LogP contribution in [0.3, 0.4) is 0 Å². The third kappa shape index (κ3) is 6.72. The molecule has 166 valence electrons. The number of likely N-dealkylation sites (N-methyl/N-ethyl adjacent to an activating group) is 1. The second-order valence-electron chi connectivity index (χ2n) is 7.65. The Morgan fingerprint density at radius 3 is 2.19 bits per heavy atom. The van der Waals surface area contributed by atoms with Crippen molar-refractivity contribution in [3.63, 3.8) is 0 Å². The fraction of sp³-hybridized carbons (Fsp3) is 0.259. The lowest BCUT2D eigenvalue weighted by molar-refractivity contribution is -0.139. The summed E-state index contributed by atoms with van der Waals surface area (Å²) < 4.78 is 0. The summed E-state index contributed by atoms with van der Waals surface area (Å²) in [6.07, 6.45) is 0.473. The van der Waals surface area contributed by atoms with Gasteiger partial charge in [-0.1, -0.05) is 72.8 Å². The van der Waals surface area contributed by atoms with Gasteiger partial charge in [-0.2, -0.15) is 0 Å². The number of aryl methyl sites for hydroxylation is 1. The summed E-state index contributed by atoms with van der Waals surface area (Å²) in [6, 6.07) is 27.2. The lowest BCUT2D eigenvalue weighted by Gasteiger charge is -2.32. The van der Waals surface area contributed by atoms with Gasteiger partial charge in [0, 0.05) is 24.4 Å². The van der Waals surface area contributed by atoms with E-state index in [-0.39, 0.29) is 17.6 Å². The van der Waals surface area contributed by atoms with E-state index in [1.807, 2.05) is 98.8 Å². The number of thioether (sulfide) groups is 1. The minimum atomic E-state index is -0.583. The lowest BCUT2D eigenvalue weighted by Crippen LogP contribution is -2.51. The maximum Gasteiger partial charge on any atom is 0.243 e. The second kappa shape index (κ2) is 12.1. The number of carbonyl (C=O) groups is 2. The minimum absolute atomic E-state index is 0.0470. The quantitative estimate of drug-likeness (QED) is 0.452. The zero-order valence-electron chi connectivity index (χ0n) is 18.7. The van der Waals surface area contributed by atoms with Crippen molar-refractivity contribution in [2.75, 3.05) is 12.3 Å². The number of hydrogen-bond donors (Lipinski definition) is 1. The highest BCUT2D eigenvalue weighted by atomic mass is 32.2. The largest absolute Gasteiger partial charge is 0.355 e. The van der Waals surface area contributed by atoms with Crippen molar-refractivity contribution in [2.24, 2.45) is 0 Å². The van der Waals surface area contributed by atoms with Crippen LogP contribution >= 0.6 is 11.8 Å². The van der Waals surface area contributed by atoms with Gasteiger partial charge >= 0.3 is 0 Å². The third-order valence-corrected chi connectivity index (χ3v) is 6.33. The molecule has 3 aromatic carbocycles. The summed E-state index contributed by atoms with van der Waals surface area (Å²) in [6.45, 7) is 4.86. The predicted molar refractivity (Wildman–Crippen MR) is 132 cm³/mol. The van der Waals surface area contributed by atoms with Crippen LogP contribution in [0.4, 0.5) is 0 Å². The van der Waals surface area contributed by atoms with Crippen molar-refractivity contribution < 1.29 is 9.59 Å². The number of amides is 2. The molecule has 0 bridgehead atoms. The highest BCUT2D eigenvalue weighted by Crippen LogP contribution is 2.21. The van der Waals surface area contributed by atoms with E-state index in [0.29, 0.717) is 19.5 Å². The second-order valence-corrected chi connectivity index (χ2v) is 8.70. The van der Waals surface area contributed by atoms with Crippen molar-refractivity contribution in [1.82, 2.24) is 10.2 Å². The van der Waals surface area contributed by atoms with Gasteiger partial charge in [0.2, 0.25) is 11.8 Å². The van der Waals surface area contributed by atoms with Gasteiger partial charge in [-0.25, -0.2) is 0 Å². The molecule has 0 saturated heterocycles. The molecule has 0 aliphatic rings. The molecule has 0 heterocycles. The van der Waals surface area contributed by atoms with Crippen LogP contribution in [0, 0.1) is 6.92 Å². The molecule has 0 unspecified atom stereocenters. The molecular weight excluding hydrogens is 416 g/mol. The van der Waals surface area contributed by atoms with Gasteiger partial charge in [0.1, 0.15) is 6.04 Å². The van der Waals surface area contributed by atoms with Crippen LogP contribution in [0.1, 0.15) is 23.6 Å². The Morgan fingerprint density at radius 2 is 1.53 bits per heavy atom. The molecule has 1 atom stereocenters. The van der Waals surface area contributed by atoms with E-state index in [1.165, 1.54) is 11.8 Å². The van der Waals surface area contributed by atoms with Gasteiger partial charge in [-0.15, -0.1) is 11.8 Å². The molecule has 0 aromatic heterocycles. The summed E-state index contributed by atoms with van der Waals surface area (Å²) in [5, 5.41) is 2.94. The highest BCUT2D eigenvalue weighted by Gasteiger charge is 2.30. The van der Waals surface area contributed by atoms with E-state index in [0.717, 1.165) is 21.6 Å². The minimum Gasteiger partial charge on any atom is -0.355 e.